The zero-order chi connectivity index (χ0) is 16.7. The molecule has 1 heterocycles. The lowest BCUT2D eigenvalue weighted by Crippen LogP contribution is -2.38. The molecular weight excluding hydrogens is 316 g/mol. The van der Waals surface area contributed by atoms with Gasteiger partial charge in [0, 0.05) is 12.2 Å². The van der Waals surface area contributed by atoms with Gasteiger partial charge in [0.2, 0.25) is 0 Å². The van der Waals surface area contributed by atoms with E-state index in [-0.39, 0.29) is 18.4 Å². The lowest BCUT2D eigenvalue weighted by molar-refractivity contribution is -0.122. The maximum atomic E-state index is 12.1. The van der Waals surface area contributed by atoms with E-state index in [9.17, 15) is 4.79 Å². The van der Waals surface area contributed by atoms with Crippen LogP contribution in [0.3, 0.4) is 0 Å². The van der Waals surface area contributed by atoms with Crippen LogP contribution < -0.4 is 5.32 Å². The molecular formula is C17H17ClN2O3. The summed E-state index contributed by atoms with van der Waals surface area (Å²) in [6, 6.07) is 11.9. The number of pyridine rings is 1. The number of rotatable bonds is 2. The highest BCUT2D eigenvalue weighted by Crippen LogP contribution is 2.21. The summed E-state index contributed by atoms with van der Waals surface area (Å²) in [4.78, 5) is 24.4. The monoisotopic (exact) mass is 332 g/mol. The Hall–Kier alpha value is -2.40. The summed E-state index contributed by atoms with van der Waals surface area (Å²) in [6.45, 7) is -0.250. The van der Waals surface area contributed by atoms with E-state index in [0.717, 1.165) is 19.3 Å². The van der Waals surface area contributed by atoms with Crippen LogP contribution in [0.15, 0.2) is 42.6 Å². The second-order valence-electron chi connectivity index (χ2n) is 5.16. The Bertz CT molecular complexity index is 674. The molecule has 1 amide bonds. The predicted octanol–water partition coefficient (Wildman–Crippen LogP) is 2.72. The molecule has 0 aliphatic heterocycles. The van der Waals surface area contributed by atoms with E-state index < -0.39 is 0 Å². The van der Waals surface area contributed by atoms with Gasteiger partial charge in [-0.25, -0.2) is 4.98 Å². The van der Waals surface area contributed by atoms with Crippen molar-refractivity contribution in [1.29, 1.82) is 0 Å². The van der Waals surface area contributed by atoms with Crippen molar-refractivity contribution < 1.29 is 14.7 Å². The van der Waals surface area contributed by atoms with Gasteiger partial charge in [0.25, 0.3) is 12.4 Å². The highest BCUT2D eigenvalue weighted by molar-refractivity contribution is 6.29. The first-order valence-corrected chi connectivity index (χ1v) is 7.59. The molecule has 1 aliphatic carbocycles. The van der Waals surface area contributed by atoms with E-state index in [2.05, 4.69) is 28.5 Å². The van der Waals surface area contributed by atoms with Gasteiger partial charge in [-0.3, -0.25) is 9.59 Å². The number of nitrogens with one attached hydrogen (secondary N) is 1. The van der Waals surface area contributed by atoms with Crippen molar-refractivity contribution in [2.24, 2.45) is 0 Å². The molecule has 0 saturated carbocycles. The minimum atomic E-state index is -0.250. The summed E-state index contributed by atoms with van der Waals surface area (Å²) < 4.78 is 0. The van der Waals surface area contributed by atoms with E-state index in [1.54, 1.807) is 12.1 Å². The van der Waals surface area contributed by atoms with E-state index in [4.69, 9.17) is 21.5 Å². The van der Waals surface area contributed by atoms with Gasteiger partial charge >= 0.3 is 0 Å². The van der Waals surface area contributed by atoms with Crippen LogP contribution in [0.1, 0.15) is 27.9 Å². The number of carbonyl (C=O) groups excluding carboxylic acids is 1. The van der Waals surface area contributed by atoms with E-state index in [0.29, 0.717) is 10.7 Å². The minimum absolute atomic E-state index is 0.0847. The molecule has 0 unspecified atom stereocenters. The number of carbonyl (C=O) groups is 2. The zero-order valence-corrected chi connectivity index (χ0v) is 13.2. The van der Waals surface area contributed by atoms with Crippen LogP contribution in [0.25, 0.3) is 0 Å². The first-order valence-electron chi connectivity index (χ1n) is 7.21. The van der Waals surface area contributed by atoms with Gasteiger partial charge < -0.3 is 10.4 Å². The third kappa shape index (κ3) is 4.79. The second-order valence-corrected chi connectivity index (χ2v) is 5.54. The van der Waals surface area contributed by atoms with Crippen molar-refractivity contribution >= 4 is 24.0 Å². The number of fused-ring (bicyclic) bond motifs is 1. The normalized spacial score (nSPS) is 15.6. The number of hydrogen-bond donors (Lipinski definition) is 2. The fourth-order valence-corrected chi connectivity index (χ4v) is 2.71. The van der Waals surface area contributed by atoms with Crippen LogP contribution >= 0.6 is 11.6 Å². The van der Waals surface area contributed by atoms with Crippen molar-refractivity contribution in [1.82, 2.24) is 10.3 Å². The molecule has 0 saturated heterocycles. The second kappa shape index (κ2) is 8.29. The fraction of sp³-hybridized carbons (Fsp3) is 0.235. The van der Waals surface area contributed by atoms with Crippen molar-refractivity contribution in [3.8, 4) is 0 Å². The number of amides is 1. The number of benzene rings is 1. The number of aryl methyl sites for hydroxylation is 1. The van der Waals surface area contributed by atoms with Gasteiger partial charge in [0.05, 0.1) is 5.56 Å². The van der Waals surface area contributed by atoms with Crippen LogP contribution in [-0.4, -0.2) is 28.5 Å². The van der Waals surface area contributed by atoms with Gasteiger partial charge in [0.15, 0.2) is 0 Å². The molecule has 1 atom stereocenters. The largest absolute Gasteiger partial charge is 0.483 e. The van der Waals surface area contributed by atoms with E-state index in [1.165, 1.54) is 17.3 Å². The smallest absolute Gasteiger partial charge is 0.290 e. The van der Waals surface area contributed by atoms with Crippen molar-refractivity contribution in [2.75, 3.05) is 0 Å². The number of halogens is 1. The molecule has 0 radical (unpaired) electrons. The van der Waals surface area contributed by atoms with Crippen LogP contribution in [0.5, 0.6) is 0 Å². The van der Waals surface area contributed by atoms with Crippen LogP contribution in [0.2, 0.25) is 5.15 Å². The molecule has 0 spiro atoms. The van der Waals surface area contributed by atoms with Crippen molar-refractivity contribution in [3.05, 3.63) is 64.4 Å². The summed E-state index contributed by atoms with van der Waals surface area (Å²) in [5.41, 5.74) is 3.28. The van der Waals surface area contributed by atoms with Gasteiger partial charge in [-0.2, -0.15) is 0 Å². The van der Waals surface area contributed by atoms with Gasteiger partial charge in [-0.05, 0) is 42.5 Å². The third-order valence-corrected chi connectivity index (χ3v) is 3.90. The van der Waals surface area contributed by atoms with E-state index in [1.807, 2.05) is 6.07 Å². The number of carboxylic acid groups (broad SMARTS) is 1. The Morgan fingerprint density at radius 3 is 2.61 bits per heavy atom. The van der Waals surface area contributed by atoms with Crippen molar-refractivity contribution in [3.63, 3.8) is 0 Å². The standard InChI is InChI=1S/C16H15ClN2O.CH2O2/c17-15-8-6-13(10-18-15)16(20)19-14-7-5-11-3-1-2-4-12(11)9-14;2-1-3/h1-4,6,8,10,14H,5,7,9H2,(H,19,20);1H,(H,2,3)/t14-;/m1./s1. The Morgan fingerprint density at radius 1 is 1.26 bits per heavy atom. The predicted molar refractivity (Wildman–Crippen MR) is 87.7 cm³/mol. The van der Waals surface area contributed by atoms with Gasteiger partial charge in [-0.1, -0.05) is 35.9 Å². The Morgan fingerprint density at radius 2 is 1.96 bits per heavy atom. The van der Waals surface area contributed by atoms with Crippen LogP contribution in [0.4, 0.5) is 0 Å². The van der Waals surface area contributed by atoms with Crippen LogP contribution in [-0.2, 0) is 17.6 Å². The Kier molecular flexibility index (Phi) is 6.11. The van der Waals surface area contributed by atoms with Gasteiger partial charge in [0.1, 0.15) is 5.15 Å². The molecule has 1 aliphatic rings. The van der Waals surface area contributed by atoms with Crippen molar-refractivity contribution in [2.45, 2.75) is 25.3 Å². The van der Waals surface area contributed by atoms with E-state index >= 15 is 0 Å². The average Bonchev–Trinajstić information content (AvgIpc) is 2.56. The molecule has 2 aromatic rings. The zero-order valence-electron chi connectivity index (χ0n) is 12.4. The lowest BCUT2D eigenvalue weighted by Gasteiger charge is -2.25. The highest BCUT2D eigenvalue weighted by Gasteiger charge is 2.20. The molecule has 5 nitrogen and oxygen atoms in total. The maximum absolute atomic E-state index is 12.1. The topological polar surface area (TPSA) is 79.3 Å². The SMILES string of the molecule is O=C(N[C@@H]1CCc2ccccc2C1)c1ccc(Cl)nc1.O=CO. The third-order valence-electron chi connectivity index (χ3n) is 3.67. The fourth-order valence-electron chi connectivity index (χ4n) is 2.60. The molecule has 0 bridgehead atoms. The first kappa shape index (κ1) is 17.0. The summed E-state index contributed by atoms with van der Waals surface area (Å²) in [7, 11) is 0. The molecule has 0 fully saturated rings. The summed E-state index contributed by atoms with van der Waals surface area (Å²) in [6.07, 6.45) is 4.39. The number of nitrogens with zero attached hydrogens (tertiary/aromatic N) is 1. The molecule has 2 N–H and O–H groups in total. The Labute approximate surface area is 139 Å². The average molecular weight is 333 g/mol. The highest BCUT2D eigenvalue weighted by atomic mass is 35.5. The molecule has 120 valence electrons. The quantitative estimate of drug-likeness (QED) is 0.654. The first-order chi connectivity index (χ1) is 11.1. The number of hydrogen-bond acceptors (Lipinski definition) is 3. The molecule has 1 aromatic carbocycles. The minimum Gasteiger partial charge on any atom is -0.483 e. The summed E-state index contributed by atoms with van der Waals surface area (Å²) in [5.74, 6) is -0.0847. The van der Waals surface area contributed by atoms with Gasteiger partial charge in [-0.15, -0.1) is 0 Å². The molecule has 3 rings (SSSR count). The number of aromatic nitrogens is 1. The van der Waals surface area contributed by atoms with Crippen LogP contribution in [0, 0.1) is 0 Å². The summed E-state index contributed by atoms with van der Waals surface area (Å²) in [5, 5.41) is 10.4. The molecule has 23 heavy (non-hydrogen) atoms. The molecule has 6 heteroatoms. The summed E-state index contributed by atoms with van der Waals surface area (Å²) >= 11 is 5.72. The lowest BCUT2D eigenvalue weighted by atomic mass is 9.88. The maximum Gasteiger partial charge on any atom is 0.290 e. The molecule has 1 aromatic heterocycles. The Balaban J connectivity index is 0.000000595.